The number of hydrogen-bond donors (Lipinski definition) is 0. The first-order valence-corrected chi connectivity index (χ1v) is 6.07. The average molecular weight is 189 g/mol. The molecule has 4 heteroatoms. The van der Waals surface area contributed by atoms with E-state index in [0.717, 1.165) is 25.0 Å². The summed E-state index contributed by atoms with van der Waals surface area (Å²) in [6, 6.07) is 0. The fraction of sp³-hybridized carbons (Fsp3) is 0.750. The molecule has 0 aromatic carbocycles. The molecule has 0 aliphatic carbocycles. The second-order valence-corrected chi connectivity index (χ2v) is 4.98. The Morgan fingerprint density at radius 2 is 2.25 bits per heavy atom. The molecule has 0 bridgehead atoms. The van der Waals surface area contributed by atoms with Gasteiger partial charge >= 0.3 is 0 Å². The van der Waals surface area contributed by atoms with Gasteiger partial charge in [0.1, 0.15) is 0 Å². The van der Waals surface area contributed by atoms with Crippen LogP contribution in [0.1, 0.15) is 26.2 Å². The van der Waals surface area contributed by atoms with E-state index in [1.807, 2.05) is 6.08 Å². The van der Waals surface area contributed by atoms with Crippen LogP contribution in [0.15, 0.2) is 11.8 Å². The molecule has 1 rings (SSSR count). The third-order valence-electron chi connectivity index (χ3n) is 1.94. The summed E-state index contributed by atoms with van der Waals surface area (Å²) in [5.74, 6) is 0. The predicted molar refractivity (Wildman–Crippen MR) is 49.2 cm³/mol. The van der Waals surface area contributed by atoms with E-state index in [0.29, 0.717) is 6.54 Å². The van der Waals surface area contributed by atoms with E-state index < -0.39 is 10.0 Å². The normalized spacial score (nSPS) is 18.2. The molecule has 0 fully saturated rings. The largest absolute Gasteiger partial charge is 0.274 e. The summed E-state index contributed by atoms with van der Waals surface area (Å²) in [4.78, 5) is 0. The van der Waals surface area contributed by atoms with Crippen LogP contribution in [-0.4, -0.2) is 25.5 Å². The van der Waals surface area contributed by atoms with Gasteiger partial charge in [-0.3, -0.25) is 4.31 Å². The second kappa shape index (κ2) is 3.47. The van der Waals surface area contributed by atoms with Gasteiger partial charge in [-0.15, -0.1) is 0 Å². The molecular formula is C8H15NO2S. The molecule has 0 unspecified atom stereocenters. The standard InChI is InChI=1S/C8H15NO2S/c1-3-5-8-6-4-7-9(8)12(2,10)11/h6H,3-5,7H2,1-2H3. The number of allylic oxidation sites excluding steroid dienone is 1. The molecule has 1 aliphatic heterocycles. The predicted octanol–water partition coefficient (Wildman–Crippen LogP) is 1.34. The van der Waals surface area contributed by atoms with Gasteiger partial charge in [-0.05, 0) is 12.8 Å². The Morgan fingerprint density at radius 1 is 1.58 bits per heavy atom. The number of hydrogen-bond acceptors (Lipinski definition) is 2. The molecule has 1 aliphatic rings. The number of rotatable bonds is 3. The van der Waals surface area contributed by atoms with E-state index in [1.54, 1.807) is 0 Å². The van der Waals surface area contributed by atoms with E-state index >= 15 is 0 Å². The van der Waals surface area contributed by atoms with E-state index in [9.17, 15) is 8.42 Å². The number of sulfonamides is 1. The number of nitrogens with zero attached hydrogens (tertiary/aromatic N) is 1. The van der Waals surface area contributed by atoms with Crippen LogP contribution in [0.2, 0.25) is 0 Å². The summed E-state index contributed by atoms with van der Waals surface area (Å²) in [5.41, 5.74) is 0.972. The van der Waals surface area contributed by atoms with Crippen LogP contribution in [0.3, 0.4) is 0 Å². The molecule has 0 aromatic heterocycles. The van der Waals surface area contributed by atoms with Crippen LogP contribution in [0, 0.1) is 0 Å². The third-order valence-corrected chi connectivity index (χ3v) is 3.16. The van der Waals surface area contributed by atoms with Crippen molar-refractivity contribution >= 4 is 10.0 Å². The van der Waals surface area contributed by atoms with Crippen LogP contribution >= 0.6 is 0 Å². The van der Waals surface area contributed by atoms with Gasteiger partial charge < -0.3 is 0 Å². The van der Waals surface area contributed by atoms with Crippen molar-refractivity contribution in [2.24, 2.45) is 0 Å². The molecule has 0 aromatic rings. The molecule has 0 amide bonds. The molecule has 0 saturated heterocycles. The van der Waals surface area contributed by atoms with Crippen molar-refractivity contribution in [3.8, 4) is 0 Å². The van der Waals surface area contributed by atoms with Gasteiger partial charge in [-0.25, -0.2) is 8.42 Å². The summed E-state index contributed by atoms with van der Waals surface area (Å²) in [6.07, 6.45) is 6.01. The molecular weight excluding hydrogens is 174 g/mol. The summed E-state index contributed by atoms with van der Waals surface area (Å²) >= 11 is 0. The maximum Gasteiger partial charge on any atom is 0.231 e. The van der Waals surface area contributed by atoms with E-state index in [1.165, 1.54) is 10.6 Å². The average Bonchev–Trinajstić information content (AvgIpc) is 2.34. The first kappa shape index (κ1) is 9.58. The zero-order valence-electron chi connectivity index (χ0n) is 7.58. The fourth-order valence-electron chi connectivity index (χ4n) is 1.46. The highest BCUT2D eigenvalue weighted by atomic mass is 32.2. The molecule has 0 radical (unpaired) electrons. The summed E-state index contributed by atoms with van der Waals surface area (Å²) < 4.78 is 23.9. The lowest BCUT2D eigenvalue weighted by Gasteiger charge is -2.19. The Labute approximate surface area is 74.1 Å². The fourth-order valence-corrected chi connectivity index (χ4v) is 2.48. The minimum atomic E-state index is -3.01. The van der Waals surface area contributed by atoms with Gasteiger partial charge in [0.05, 0.1) is 6.26 Å². The first-order valence-electron chi connectivity index (χ1n) is 4.22. The maximum absolute atomic E-state index is 11.2. The summed E-state index contributed by atoms with van der Waals surface area (Å²) in [7, 11) is -3.01. The Bertz CT molecular complexity index is 279. The van der Waals surface area contributed by atoms with Crippen LogP contribution in [0.4, 0.5) is 0 Å². The lowest BCUT2D eigenvalue weighted by atomic mass is 10.2. The van der Waals surface area contributed by atoms with Gasteiger partial charge in [0.15, 0.2) is 0 Å². The lowest BCUT2D eigenvalue weighted by molar-refractivity contribution is 0.493. The molecule has 0 saturated carbocycles. The molecule has 0 N–H and O–H groups in total. The lowest BCUT2D eigenvalue weighted by Crippen LogP contribution is -2.26. The van der Waals surface area contributed by atoms with Crippen molar-refractivity contribution in [1.82, 2.24) is 4.31 Å². The van der Waals surface area contributed by atoms with Crippen LogP contribution in [0.5, 0.6) is 0 Å². The van der Waals surface area contributed by atoms with Crippen LogP contribution in [-0.2, 0) is 10.0 Å². The van der Waals surface area contributed by atoms with Crippen molar-refractivity contribution in [3.63, 3.8) is 0 Å². The van der Waals surface area contributed by atoms with Crippen LogP contribution in [0.25, 0.3) is 0 Å². The van der Waals surface area contributed by atoms with Crippen LogP contribution < -0.4 is 0 Å². The van der Waals surface area contributed by atoms with Gasteiger partial charge in [0.2, 0.25) is 10.0 Å². The Balaban J connectivity index is 2.75. The van der Waals surface area contributed by atoms with Gasteiger partial charge in [0, 0.05) is 12.2 Å². The van der Waals surface area contributed by atoms with Crippen molar-refractivity contribution < 1.29 is 8.42 Å². The topological polar surface area (TPSA) is 37.4 Å². The smallest absolute Gasteiger partial charge is 0.231 e. The summed E-state index contributed by atoms with van der Waals surface area (Å²) in [6.45, 7) is 2.69. The van der Waals surface area contributed by atoms with Crippen molar-refractivity contribution in [3.05, 3.63) is 11.8 Å². The molecule has 1 heterocycles. The van der Waals surface area contributed by atoms with Crippen molar-refractivity contribution in [1.29, 1.82) is 0 Å². The SMILES string of the molecule is CCCC1=CCCN1S(C)(=O)=O. The second-order valence-electron chi connectivity index (χ2n) is 3.07. The van der Waals surface area contributed by atoms with Crippen molar-refractivity contribution in [2.75, 3.05) is 12.8 Å². The van der Waals surface area contributed by atoms with Crippen molar-refractivity contribution in [2.45, 2.75) is 26.2 Å². The quantitative estimate of drug-likeness (QED) is 0.671. The molecule has 0 atom stereocenters. The zero-order valence-corrected chi connectivity index (χ0v) is 8.39. The molecule has 0 spiro atoms. The van der Waals surface area contributed by atoms with E-state index in [-0.39, 0.29) is 0 Å². The highest BCUT2D eigenvalue weighted by Gasteiger charge is 2.21. The molecule has 12 heavy (non-hydrogen) atoms. The third kappa shape index (κ3) is 2.00. The minimum Gasteiger partial charge on any atom is -0.274 e. The summed E-state index contributed by atoms with van der Waals surface area (Å²) in [5, 5.41) is 0. The molecule has 70 valence electrons. The van der Waals surface area contributed by atoms with Gasteiger partial charge in [-0.1, -0.05) is 19.4 Å². The molecule has 3 nitrogen and oxygen atoms in total. The first-order chi connectivity index (χ1) is 5.55. The van der Waals surface area contributed by atoms with Gasteiger partial charge in [-0.2, -0.15) is 0 Å². The highest BCUT2D eigenvalue weighted by Crippen LogP contribution is 2.21. The maximum atomic E-state index is 11.2. The monoisotopic (exact) mass is 189 g/mol. The highest BCUT2D eigenvalue weighted by molar-refractivity contribution is 7.88. The van der Waals surface area contributed by atoms with E-state index in [2.05, 4.69) is 6.92 Å². The van der Waals surface area contributed by atoms with E-state index in [4.69, 9.17) is 0 Å². The van der Waals surface area contributed by atoms with Gasteiger partial charge in [0.25, 0.3) is 0 Å². The Hall–Kier alpha value is -0.510. The Morgan fingerprint density at radius 3 is 2.75 bits per heavy atom. The zero-order chi connectivity index (χ0) is 9.19. The minimum absolute atomic E-state index is 0.633. The Kier molecular flexibility index (Phi) is 2.77.